The van der Waals surface area contributed by atoms with Gasteiger partial charge in [0, 0.05) is 80.8 Å². The van der Waals surface area contributed by atoms with E-state index in [-0.39, 0.29) is 24.0 Å². The molecule has 0 saturated carbocycles. The van der Waals surface area contributed by atoms with E-state index in [1.807, 2.05) is 54.3 Å². The zero-order chi connectivity index (χ0) is 29.1. The number of rotatable bonds is 7. The van der Waals surface area contributed by atoms with E-state index in [0.29, 0.717) is 49.3 Å². The van der Waals surface area contributed by atoms with Crippen molar-refractivity contribution in [3.05, 3.63) is 63.1 Å². The molecule has 2 aromatic rings. The van der Waals surface area contributed by atoms with Gasteiger partial charge < -0.3 is 19.4 Å². The molecular formula is C31H38BrClN4O4. The smallest absolute Gasteiger partial charge is 0.414 e. The summed E-state index contributed by atoms with van der Waals surface area (Å²) in [7, 11) is 0. The Bertz CT molecular complexity index is 1270. The molecule has 0 aromatic heterocycles. The van der Waals surface area contributed by atoms with Crippen LogP contribution in [0.4, 0.5) is 10.5 Å². The van der Waals surface area contributed by atoms with Crippen LogP contribution in [0.15, 0.2) is 46.9 Å². The number of carbonyl (C=O) groups excluding carboxylic acids is 3. The highest BCUT2D eigenvalue weighted by molar-refractivity contribution is 9.10. The number of anilines is 1. The Morgan fingerprint density at radius 3 is 2.32 bits per heavy atom. The number of aryl methyl sites for hydroxylation is 1. The Morgan fingerprint density at radius 1 is 1.00 bits per heavy atom. The number of fused-ring (bicyclic) bond motifs is 1. The molecule has 2 aromatic carbocycles. The lowest BCUT2D eigenvalue weighted by Crippen LogP contribution is -2.43. The second-order valence-electron chi connectivity index (χ2n) is 11.5. The number of likely N-dealkylation sites (tertiary alicyclic amines) is 3. The summed E-state index contributed by atoms with van der Waals surface area (Å²) in [6, 6.07) is 13.3. The molecule has 2 unspecified atom stereocenters. The van der Waals surface area contributed by atoms with Crippen LogP contribution < -0.4 is 4.90 Å². The molecule has 3 aliphatic rings. The first-order valence-electron chi connectivity index (χ1n) is 14.5. The molecule has 0 aliphatic carbocycles. The Balaban J connectivity index is 1.14. The van der Waals surface area contributed by atoms with Gasteiger partial charge in [-0.2, -0.15) is 0 Å². The van der Waals surface area contributed by atoms with Crippen molar-refractivity contribution < 1.29 is 19.1 Å². The summed E-state index contributed by atoms with van der Waals surface area (Å²) in [4.78, 5) is 46.0. The Hall–Kier alpha value is -2.62. The van der Waals surface area contributed by atoms with Crippen molar-refractivity contribution in [3.63, 3.8) is 0 Å². The van der Waals surface area contributed by atoms with Crippen LogP contribution in [0.5, 0.6) is 0 Å². The summed E-state index contributed by atoms with van der Waals surface area (Å²) in [6.45, 7) is 9.58. The van der Waals surface area contributed by atoms with Gasteiger partial charge in [-0.15, -0.1) is 0 Å². The fourth-order valence-electron chi connectivity index (χ4n) is 6.27. The zero-order valence-corrected chi connectivity index (χ0v) is 26.1. The largest absolute Gasteiger partial charge is 0.446 e. The number of nitrogens with zero attached hydrogens (tertiary/aromatic N) is 4. The Kier molecular flexibility index (Phi) is 9.56. The van der Waals surface area contributed by atoms with Gasteiger partial charge in [0.2, 0.25) is 5.91 Å². The molecule has 220 valence electrons. The van der Waals surface area contributed by atoms with Crippen LogP contribution in [0, 0.1) is 18.8 Å². The third kappa shape index (κ3) is 7.07. The van der Waals surface area contributed by atoms with Crippen molar-refractivity contribution in [2.45, 2.75) is 39.2 Å². The minimum atomic E-state index is -0.370. The fourth-order valence-corrected chi connectivity index (χ4v) is 6.90. The van der Waals surface area contributed by atoms with Crippen LogP contribution >= 0.6 is 27.5 Å². The molecule has 0 spiro atoms. The SMILES string of the molecule is CC(=O)N1CCC(OC(=O)N(CCCN2CC3CN(C(=O)c4ccccc4Br)CC3C2)c2ccc(C)c(Cl)c2)CC1. The number of benzene rings is 2. The molecule has 3 aliphatic heterocycles. The second kappa shape index (κ2) is 13.1. The topological polar surface area (TPSA) is 73.4 Å². The summed E-state index contributed by atoms with van der Waals surface area (Å²) in [5.41, 5.74) is 2.40. The summed E-state index contributed by atoms with van der Waals surface area (Å²) in [6.07, 6.45) is 1.51. The second-order valence-corrected chi connectivity index (χ2v) is 12.8. The van der Waals surface area contributed by atoms with Gasteiger partial charge in [0.05, 0.1) is 5.56 Å². The minimum absolute atomic E-state index is 0.0559. The maximum absolute atomic E-state index is 13.4. The van der Waals surface area contributed by atoms with Crippen molar-refractivity contribution >= 4 is 51.1 Å². The summed E-state index contributed by atoms with van der Waals surface area (Å²) in [5, 5.41) is 0.615. The monoisotopic (exact) mass is 644 g/mol. The Morgan fingerprint density at radius 2 is 1.68 bits per heavy atom. The number of amides is 3. The highest BCUT2D eigenvalue weighted by atomic mass is 79.9. The number of hydrogen-bond donors (Lipinski definition) is 0. The van der Waals surface area contributed by atoms with Crippen molar-refractivity contribution in [1.82, 2.24) is 14.7 Å². The van der Waals surface area contributed by atoms with E-state index in [9.17, 15) is 14.4 Å². The predicted molar refractivity (Wildman–Crippen MR) is 163 cm³/mol. The number of carbonyl (C=O) groups is 3. The highest BCUT2D eigenvalue weighted by Crippen LogP contribution is 2.33. The van der Waals surface area contributed by atoms with E-state index in [1.54, 1.807) is 16.7 Å². The molecule has 3 heterocycles. The van der Waals surface area contributed by atoms with Gasteiger partial charge in [0.1, 0.15) is 6.10 Å². The summed E-state index contributed by atoms with van der Waals surface area (Å²) < 4.78 is 6.76. The number of piperidine rings is 1. The van der Waals surface area contributed by atoms with Crippen LogP contribution in [-0.4, -0.2) is 91.1 Å². The summed E-state index contributed by atoms with van der Waals surface area (Å²) >= 11 is 9.93. The predicted octanol–water partition coefficient (Wildman–Crippen LogP) is 5.46. The van der Waals surface area contributed by atoms with Crippen molar-refractivity contribution in [3.8, 4) is 0 Å². The lowest BCUT2D eigenvalue weighted by atomic mass is 10.0. The number of ether oxygens (including phenoxy) is 1. The van der Waals surface area contributed by atoms with E-state index >= 15 is 0 Å². The average molecular weight is 646 g/mol. The molecule has 0 bridgehead atoms. The van der Waals surface area contributed by atoms with Gasteiger partial charge in [0.15, 0.2) is 0 Å². The quantitative estimate of drug-likeness (QED) is 0.400. The standard InChI is InChI=1S/C31H38BrClN4O4/c1-21-8-9-25(16-29(21)33)37(31(40)41-26-10-14-35(15-11-26)22(2)38)13-5-12-34-17-23-19-36(20-24(23)18-34)30(39)27-6-3-4-7-28(27)32/h3-4,6-9,16,23-24,26H,5,10-15,17-20H2,1-2H3. The third-order valence-electron chi connectivity index (χ3n) is 8.65. The van der Waals surface area contributed by atoms with Crippen molar-refractivity contribution in [2.75, 3.05) is 57.3 Å². The zero-order valence-electron chi connectivity index (χ0n) is 23.7. The van der Waals surface area contributed by atoms with Crippen molar-refractivity contribution in [1.29, 1.82) is 0 Å². The lowest BCUT2D eigenvalue weighted by Gasteiger charge is -2.32. The molecule has 8 nitrogen and oxygen atoms in total. The highest BCUT2D eigenvalue weighted by Gasteiger charge is 2.41. The molecule has 3 amide bonds. The molecule has 2 atom stereocenters. The molecule has 3 saturated heterocycles. The van der Waals surface area contributed by atoms with E-state index < -0.39 is 0 Å². The normalized spacial score (nSPS) is 21.2. The van der Waals surface area contributed by atoms with Gasteiger partial charge in [0.25, 0.3) is 5.91 Å². The fraction of sp³-hybridized carbons (Fsp3) is 0.516. The van der Waals surface area contributed by atoms with Crippen LogP contribution in [0.2, 0.25) is 5.02 Å². The minimum Gasteiger partial charge on any atom is -0.446 e. The van der Waals surface area contributed by atoms with Crippen LogP contribution in [-0.2, 0) is 9.53 Å². The van der Waals surface area contributed by atoms with Gasteiger partial charge in [-0.05, 0) is 77.5 Å². The van der Waals surface area contributed by atoms with Gasteiger partial charge in [-0.25, -0.2) is 4.79 Å². The van der Waals surface area contributed by atoms with Crippen LogP contribution in [0.1, 0.15) is 42.1 Å². The molecular weight excluding hydrogens is 608 g/mol. The first-order chi connectivity index (χ1) is 19.7. The van der Waals surface area contributed by atoms with E-state index in [1.165, 1.54) is 0 Å². The van der Waals surface area contributed by atoms with Crippen molar-refractivity contribution in [2.24, 2.45) is 11.8 Å². The molecule has 5 rings (SSSR count). The average Bonchev–Trinajstić information content (AvgIpc) is 3.52. The molecule has 3 fully saturated rings. The number of hydrogen-bond acceptors (Lipinski definition) is 5. The molecule has 10 heteroatoms. The van der Waals surface area contributed by atoms with Gasteiger partial charge >= 0.3 is 6.09 Å². The Labute approximate surface area is 255 Å². The molecule has 0 N–H and O–H groups in total. The van der Waals surface area contributed by atoms with Crippen LogP contribution in [0.25, 0.3) is 0 Å². The van der Waals surface area contributed by atoms with Gasteiger partial charge in [-0.3, -0.25) is 14.5 Å². The van der Waals surface area contributed by atoms with E-state index in [0.717, 1.165) is 60.4 Å². The molecule has 0 radical (unpaired) electrons. The maximum atomic E-state index is 13.4. The van der Waals surface area contributed by atoms with Gasteiger partial charge in [-0.1, -0.05) is 29.8 Å². The third-order valence-corrected chi connectivity index (χ3v) is 9.75. The van der Waals surface area contributed by atoms with E-state index in [4.69, 9.17) is 16.3 Å². The molecule has 41 heavy (non-hydrogen) atoms. The number of halogens is 2. The first-order valence-corrected chi connectivity index (χ1v) is 15.6. The lowest BCUT2D eigenvalue weighted by molar-refractivity contribution is -0.130. The maximum Gasteiger partial charge on any atom is 0.414 e. The summed E-state index contributed by atoms with van der Waals surface area (Å²) in [5.74, 6) is 1.09. The first kappa shape index (κ1) is 29.9. The van der Waals surface area contributed by atoms with Crippen LogP contribution in [0.3, 0.4) is 0 Å². The van der Waals surface area contributed by atoms with E-state index in [2.05, 4.69) is 20.8 Å².